The Kier molecular flexibility index (Phi) is 13.8. The lowest BCUT2D eigenvalue weighted by Gasteiger charge is -2.32. The van der Waals surface area contributed by atoms with E-state index in [9.17, 15) is 9.59 Å². The van der Waals surface area contributed by atoms with Crippen molar-refractivity contribution < 1.29 is 14.3 Å². The van der Waals surface area contributed by atoms with Crippen LogP contribution in [0.3, 0.4) is 0 Å². The molecular formula is C32H47ClN4O3. The Morgan fingerprint density at radius 1 is 0.950 bits per heavy atom. The SMILES string of the molecule is CCCCN(CCCC)C(=O)C(Cc1ccc(OCCCN2CCN(C)CC2)cc1)NC(=O)c1ccccc1Cl. The van der Waals surface area contributed by atoms with Crippen LogP contribution in [0.2, 0.25) is 5.02 Å². The number of carbonyl (C=O) groups is 2. The number of halogens is 1. The maximum Gasteiger partial charge on any atom is 0.253 e. The molecule has 220 valence electrons. The van der Waals surface area contributed by atoms with Gasteiger partial charge in [0.05, 0.1) is 17.2 Å². The first-order valence-corrected chi connectivity index (χ1v) is 15.3. The molecule has 7 nitrogen and oxygen atoms in total. The lowest BCUT2D eigenvalue weighted by Crippen LogP contribution is -2.50. The van der Waals surface area contributed by atoms with Crippen LogP contribution < -0.4 is 10.1 Å². The molecule has 2 amide bonds. The van der Waals surface area contributed by atoms with Gasteiger partial charge in [0.25, 0.3) is 5.91 Å². The minimum absolute atomic E-state index is 0.0495. The number of likely N-dealkylation sites (N-methyl/N-ethyl adjacent to an activating group) is 1. The average Bonchev–Trinajstić information content (AvgIpc) is 2.96. The summed E-state index contributed by atoms with van der Waals surface area (Å²) >= 11 is 6.29. The van der Waals surface area contributed by atoms with Gasteiger partial charge < -0.3 is 24.8 Å². The summed E-state index contributed by atoms with van der Waals surface area (Å²) in [6.07, 6.45) is 5.25. The van der Waals surface area contributed by atoms with E-state index in [1.54, 1.807) is 24.3 Å². The molecule has 2 aromatic rings. The number of nitrogens with one attached hydrogen (secondary N) is 1. The van der Waals surface area contributed by atoms with Crippen molar-refractivity contribution in [2.75, 3.05) is 59.5 Å². The van der Waals surface area contributed by atoms with E-state index in [2.05, 4.69) is 36.0 Å². The second-order valence-electron chi connectivity index (χ2n) is 10.7. The molecule has 8 heteroatoms. The van der Waals surface area contributed by atoms with E-state index < -0.39 is 6.04 Å². The van der Waals surface area contributed by atoms with Gasteiger partial charge in [0, 0.05) is 52.2 Å². The van der Waals surface area contributed by atoms with Crippen molar-refractivity contribution in [1.82, 2.24) is 20.0 Å². The largest absolute Gasteiger partial charge is 0.494 e. The smallest absolute Gasteiger partial charge is 0.253 e. The summed E-state index contributed by atoms with van der Waals surface area (Å²) in [6.45, 7) is 11.8. The Morgan fingerprint density at radius 3 is 2.23 bits per heavy atom. The Hall–Kier alpha value is -2.61. The quantitative estimate of drug-likeness (QED) is 0.284. The molecule has 1 aliphatic heterocycles. The van der Waals surface area contributed by atoms with Crippen molar-refractivity contribution >= 4 is 23.4 Å². The lowest BCUT2D eigenvalue weighted by atomic mass is 10.0. The van der Waals surface area contributed by atoms with Crippen LogP contribution in [0.25, 0.3) is 0 Å². The molecule has 1 heterocycles. The van der Waals surface area contributed by atoms with E-state index in [1.807, 2.05) is 29.2 Å². The van der Waals surface area contributed by atoms with Gasteiger partial charge in [-0.2, -0.15) is 0 Å². The van der Waals surface area contributed by atoms with Gasteiger partial charge in [0.15, 0.2) is 0 Å². The highest BCUT2D eigenvalue weighted by Gasteiger charge is 2.27. The summed E-state index contributed by atoms with van der Waals surface area (Å²) in [5.74, 6) is 0.430. The lowest BCUT2D eigenvalue weighted by molar-refractivity contribution is -0.133. The molecule has 0 saturated carbocycles. The zero-order valence-corrected chi connectivity index (χ0v) is 25.3. The average molecular weight is 571 g/mol. The van der Waals surface area contributed by atoms with E-state index in [-0.39, 0.29) is 11.8 Å². The van der Waals surface area contributed by atoms with Crippen LogP contribution in [-0.2, 0) is 11.2 Å². The van der Waals surface area contributed by atoms with Gasteiger partial charge in [-0.25, -0.2) is 0 Å². The summed E-state index contributed by atoms with van der Waals surface area (Å²) in [5, 5.41) is 3.36. The summed E-state index contributed by atoms with van der Waals surface area (Å²) in [6, 6.07) is 14.1. The van der Waals surface area contributed by atoms with Gasteiger partial charge in [0.1, 0.15) is 11.8 Å². The van der Waals surface area contributed by atoms with Gasteiger partial charge in [-0.3, -0.25) is 9.59 Å². The zero-order chi connectivity index (χ0) is 28.7. The van der Waals surface area contributed by atoms with E-state index in [1.165, 1.54) is 0 Å². The van der Waals surface area contributed by atoms with Crippen molar-refractivity contribution in [3.05, 3.63) is 64.7 Å². The third-order valence-electron chi connectivity index (χ3n) is 7.44. The van der Waals surface area contributed by atoms with E-state index in [0.717, 1.165) is 76.1 Å². The van der Waals surface area contributed by atoms with Crippen molar-refractivity contribution in [3.8, 4) is 5.75 Å². The van der Waals surface area contributed by atoms with Gasteiger partial charge >= 0.3 is 0 Å². The number of ether oxygens (including phenoxy) is 1. The standard InChI is InChI=1S/C32H47ClN4O3/c1-4-6-18-37(19-7-5-2)32(39)30(34-31(38)28-11-8-9-12-29(28)33)25-26-13-15-27(16-14-26)40-24-10-17-36-22-20-35(3)21-23-36/h8-9,11-16,30H,4-7,10,17-25H2,1-3H3,(H,34,38). The first-order valence-electron chi connectivity index (χ1n) is 14.9. The monoisotopic (exact) mass is 570 g/mol. The fourth-order valence-corrected chi connectivity index (χ4v) is 5.06. The summed E-state index contributed by atoms with van der Waals surface area (Å²) < 4.78 is 5.99. The van der Waals surface area contributed by atoms with E-state index >= 15 is 0 Å². The topological polar surface area (TPSA) is 65.1 Å². The molecule has 1 N–H and O–H groups in total. The van der Waals surface area contributed by atoms with Crippen LogP contribution in [0, 0.1) is 0 Å². The van der Waals surface area contributed by atoms with Crippen LogP contribution in [-0.4, -0.2) is 92.0 Å². The number of hydrogen-bond donors (Lipinski definition) is 1. The molecule has 0 spiro atoms. The number of amides is 2. The number of benzene rings is 2. The molecule has 1 atom stereocenters. The van der Waals surface area contributed by atoms with Crippen LogP contribution >= 0.6 is 11.6 Å². The molecule has 0 bridgehead atoms. The van der Waals surface area contributed by atoms with Crippen molar-refractivity contribution in [1.29, 1.82) is 0 Å². The molecule has 1 unspecified atom stereocenters. The molecule has 40 heavy (non-hydrogen) atoms. The molecule has 0 aromatic heterocycles. The van der Waals surface area contributed by atoms with E-state index in [0.29, 0.717) is 36.7 Å². The highest BCUT2D eigenvalue weighted by Crippen LogP contribution is 2.18. The van der Waals surface area contributed by atoms with Crippen LogP contribution in [0.5, 0.6) is 5.75 Å². The number of unbranched alkanes of at least 4 members (excludes halogenated alkanes) is 2. The normalized spacial score (nSPS) is 15.0. The molecule has 1 fully saturated rings. The molecule has 1 saturated heterocycles. The second-order valence-corrected chi connectivity index (χ2v) is 11.1. The van der Waals surface area contributed by atoms with Crippen molar-refractivity contribution in [2.24, 2.45) is 0 Å². The molecule has 1 aliphatic rings. The van der Waals surface area contributed by atoms with Crippen LogP contribution in [0.4, 0.5) is 0 Å². The maximum absolute atomic E-state index is 13.7. The van der Waals surface area contributed by atoms with Gasteiger partial charge in [-0.15, -0.1) is 0 Å². The summed E-state index contributed by atoms with van der Waals surface area (Å²) in [7, 11) is 2.17. The highest BCUT2D eigenvalue weighted by molar-refractivity contribution is 6.33. The molecular weight excluding hydrogens is 524 g/mol. The predicted molar refractivity (Wildman–Crippen MR) is 163 cm³/mol. The first-order chi connectivity index (χ1) is 19.4. The summed E-state index contributed by atoms with van der Waals surface area (Å²) in [4.78, 5) is 33.7. The fraction of sp³-hybridized carbons (Fsp3) is 0.562. The van der Waals surface area contributed by atoms with Gasteiger partial charge in [-0.05, 0) is 56.1 Å². The fourth-order valence-electron chi connectivity index (χ4n) is 4.84. The van der Waals surface area contributed by atoms with Gasteiger partial charge in [0.2, 0.25) is 5.91 Å². The van der Waals surface area contributed by atoms with E-state index in [4.69, 9.17) is 16.3 Å². The Balaban J connectivity index is 1.63. The van der Waals surface area contributed by atoms with Crippen LogP contribution in [0.1, 0.15) is 61.9 Å². The molecule has 0 radical (unpaired) electrons. The molecule has 0 aliphatic carbocycles. The number of hydrogen-bond acceptors (Lipinski definition) is 5. The second kappa shape index (κ2) is 17.3. The minimum Gasteiger partial charge on any atom is -0.494 e. The highest BCUT2D eigenvalue weighted by atomic mass is 35.5. The number of carbonyl (C=O) groups excluding carboxylic acids is 2. The Bertz CT molecular complexity index is 1030. The number of piperazine rings is 1. The zero-order valence-electron chi connectivity index (χ0n) is 24.5. The first kappa shape index (κ1) is 31.9. The Labute approximate surface area is 245 Å². The molecule has 3 rings (SSSR count). The maximum atomic E-state index is 13.7. The van der Waals surface area contributed by atoms with Crippen molar-refractivity contribution in [3.63, 3.8) is 0 Å². The molecule has 2 aromatic carbocycles. The van der Waals surface area contributed by atoms with Gasteiger partial charge in [-0.1, -0.05) is 62.6 Å². The Morgan fingerprint density at radius 2 is 1.60 bits per heavy atom. The minimum atomic E-state index is -0.687. The summed E-state index contributed by atoms with van der Waals surface area (Å²) in [5.41, 5.74) is 1.34. The number of nitrogens with zero attached hydrogens (tertiary/aromatic N) is 3. The third kappa shape index (κ3) is 10.4. The predicted octanol–water partition coefficient (Wildman–Crippen LogP) is 5.13. The van der Waals surface area contributed by atoms with Crippen molar-refractivity contribution in [2.45, 2.75) is 58.4 Å². The van der Waals surface area contributed by atoms with Crippen LogP contribution in [0.15, 0.2) is 48.5 Å². The third-order valence-corrected chi connectivity index (χ3v) is 7.77. The number of rotatable bonds is 16.